The molecule has 0 aromatic heterocycles. The zero-order valence-electron chi connectivity index (χ0n) is 13.6. The summed E-state index contributed by atoms with van der Waals surface area (Å²) in [6.45, 7) is 19.9. The molecule has 2 N–H and O–H groups in total. The average Bonchev–Trinajstić information content (AvgIpc) is 2.60. The summed E-state index contributed by atoms with van der Waals surface area (Å²) in [6.07, 6.45) is 2.52. The van der Waals surface area contributed by atoms with Crippen molar-refractivity contribution in [2.75, 3.05) is 19.6 Å². The SMILES string of the molecule is CC(C)C1(CNC(C)(C)CC(C)(C)C)CCNC1. The van der Waals surface area contributed by atoms with E-state index in [2.05, 4.69) is 59.1 Å². The fourth-order valence-electron chi connectivity index (χ4n) is 3.41. The molecule has 1 fully saturated rings. The average molecular weight is 254 g/mol. The predicted octanol–water partition coefficient (Wildman–Crippen LogP) is 3.43. The summed E-state index contributed by atoms with van der Waals surface area (Å²) in [7, 11) is 0. The lowest BCUT2D eigenvalue weighted by Gasteiger charge is -2.39. The summed E-state index contributed by atoms with van der Waals surface area (Å²) < 4.78 is 0. The third kappa shape index (κ3) is 4.55. The van der Waals surface area contributed by atoms with Gasteiger partial charge < -0.3 is 10.6 Å². The van der Waals surface area contributed by atoms with E-state index in [1.165, 1.54) is 25.9 Å². The normalized spacial score (nSPS) is 26.0. The first-order valence-electron chi connectivity index (χ1n) is 7.52. The quantitative estimate of drug-likeness (QED) is 0.785. The van der Waals surface area contributed by atoms with Crippen molar-refractivity contribution in [3.63, 3.8) is 0 Å². The van der Waals surface area contributed by atoms with E-state index in [0.717, 1.165) is 12.5 Å². The molecule has 1 rings (SSSR count). The molecule has 0 amide bonds. The molecule has 18 heavy (non-hydrogen) atoms. The maximum absolute atomic E-state index is 3.84. The van der Waals surface area contributed by atoms with E-state index < -0.39 is 0 Å². The van der Waals surface area contributed by atoms with E-state index in [9.17, 15) is 0 Å². The second-order valence-corrected chi connectivity index (χ2v) is 8.42. The molecule has 108 valence electrons. The van der Waals surface area contributed by atoms with Gasteiger partial charge in [-0.25, -0.2) is 0 Å². The number of hydrogen-bond donors (Lipinski definition) is 2. The number of rotatable bonds is 5. The van der Waals surface area contributed by atoms with Gasteiger partial charge in [-0.2, -0.15) is 0 Å². The maximum Gasteiger partial charge on any atom is 0.0130 e. The van der Waals surface area contributed by atoms with Gasteiger partial charge in [-0.15, -0.1) is 0 Å². The summed E-state index contributed by atoms with van der Waals surface area (Å²) in [5.74, 6) is 0.741. The van der Waals surface area contributed by atoms with Crippen LogP contribution in [0.4, 0.5) is 0 Å². The fraction of sp³-hybridized carbons (Fsp3) is 1.00. The van der Waals surface area contributed by atoms with Gasteiger partial charge in [0.15, 0.2) is 0 Å². The first-order valence-corrected chi connectivity index (χ1v) is 7.52. The molecule has 0 saturated carbocycles. The molecule has 0 radical (unpaired) electrons. The highest BCUT2D eigenvalue weighted by Gasteiger charge is 2.38. The molecule has 2 heteroatoms. The molecule has 0 aliphatic carbocycles. The fourth-order valence-corrected chi connectivity index (χ4v) is 3.41. The van der Waals surface area contributed by atoms with Gasteiger partial charge in [0.05, 0.1) is 0 Å². The highest BCUT2D eigenvalue weighted by molar-refractivity contribution is 4.95. The van der Waals surface area contributed by atoms with Crippen molar-refractivity contribution in [1.82, 2.24) is 10.6 Å². The third-order valence-electron chi connectivity index (χ3n) is 4.39. The molecule has 1 atom stereocenters. The van der Waals surface area contributed by atoms with Crippen LogP contribution in [-0.2, 0) is 0 Å². The molecule has 1 heterocycles. The Kier molecular flexibility index (Phi) is 4.88. The minimum atomic E-state index is 0.225. The van der Waals surface area contributed by atoms with Gasteiger partial charge in [0.25, 0.3) is 0 Å². The largest absolute Gasteiger partial charge is 0.316 e. The van der Waals surface area contributed by atoms with E-state index in [1.54, 1.807) is 0 Å². The Morgan fingerprint density at radius 2 is 1.78 bits per heavy atom. The van der Waals surface area contributed by atoms with Gasteiger partial charge >= 0.3 is 0 Å². The lowest BCUT2D eigenvalue weighted by atomic mass is 9.75. The van der Waals surface area contributed by atoms with Crippen LogP contribution in [0, 0.1) is 16.7 Å². The topological polar surface area (TPSA) is 24.1 Å². The summed E-state index contributed by atoms with van der Waals surface area (Å²) in [4.78, 5) is 0. The molecule has 0 aromatic rings. The monoisotopic (exact) mass is 254 g/mol. The highest BCUT2D eigenvalue weighted by atomic mass is 15.0. The molecule has 2 nitrogen and oxygen atoms in total. The summed E-state index contributed by atoms with van der Waals surface area (Å²) in [6, 6.07) is 0. The van der Waals surface area contributed by atoms with E-state index in [1.807, 2.05) is 0 Å². The predicted molar refractivity (Wildman–Crippen MR) is 80.9 cm³/mol. The molecule has 0 spiro atoms. The van der Waals surface area contributed by atoms with Crippen LogP contribution >= 0.6 is 0 Å². The van der Waals surface area contributed by atoms with Gasteiger partial charge in [-0.05, 0) is 50.0 Å². The molecule has 1 saturated heterocycles. The summed E-state index contributed by atoms with van der Waals surface area (Å²) >= 11 is 0. The number of hydrogen-bond acceptors (Lipinski definition) is 2. The molecule has 0 aromatic carbocycles. The highest BCUT2D eigenvalue weighted by Crippen LogP contribution is 2.35. The molecule has 0 bridgehead atoms. The molecule has 1 aliphatic rings. The Bertz CT molecular complexity index is 255. The Morgan fingerprint density at radius 1 is 1.17 bits per heavy atom. The van der Waals surface area contributed by atoms with E-state index >= 15 is 0 Å². The van der Waals surface area contributed by atoms with Crippen molar-refractivity contribution in [3.8, 4) is 0 Å². The maximum atomic E-state index is 3.84. The third-order valence-corrected chi connectivity index (χ3v) is 4.39. The van der Waals surface area contributed by atoms with Gasteiger partial charge in [0, 0.05) is 18.6 Å². The summed E-state index contributed by atoms with van der Waals surface area (Å²) in [5.41, 5.74) is 1.06. The van der Waals surface area contributed by atoms with Gasteiger partial charge in [-0.3, -0.25) is 0 Å². The second-order valence-electron chi connectivity index (χ2n) is 8.42. The van der Waals surface area contributed by atoms with Crippen molar-refractivity contribution >= 4 is 0 Å². The van der Waals surface area contributed by atoms with Crippen LogP contribution in [0.5, 0.6) is 0 Å². The van der Waals surface area contributed by atoms with Crippen LogP contribution in [0.3, 0.4) is 0 Å². The molecular formula is C16H34N2. The molecule has 1 unspecified atom stereocenters. The van der Waals surface area contributed by atoms with Crippen LogP contribution < -0.4 is 10.6 Å². The Labute approximate surface area is 114 Å². The first kappa shape index (κ1) is 16.0. The van der Waals surface area contributed by atoms with Crippen molar-refractivity contribution in [2.24, 2.45) is 16.7 Å². The first-order chi connectivity index (χ1) is 8.06. The molecular weight excluding hydrogens is 220 g/mol. The van der Waals surface area contributed by atoms with Crippen molar-refractivity contribution < 1.29 is 0 Å². The zero-order chi connectivity index (χ0) is 14.0. The van der Waals surface area contributed by atoms with Crippen LogP contribution in [0.25, 0.3) is 0 Å². The van der Waals surface area contributed by atoms with Crippen molar-refractivity contribution in [2.45, 2.75) is 66.8 Å². The van der Waals surface area contributed by atoms with Gasteiger partial charge in [0.2, 0.25) is 0 Å². The standard InChI is InChI=1S/C16H34N2/c1-13(2)16(8-9-17-11-16)12-18-15(6,7)10-14(3,4)5/h13,17-18H,8-12H2,1-7H3. The smallest absolute Gasteiger partial charge is 0.0130 e. The van der Waals surface area contributed by atoms with Crippen LogP contribution in [0.1, 0.15) is 61.3 Å². The Morgan fingerprint density at radius 3 is 2.17 bits per heavy atom. The van der Waals surface area contributed by atoms with Crippen molar-refractivity contribution in [1.29, 1.82) is 0 Å². The Balaban J connectivity index is 2.57. The van der Waals surface area contributed by atoms with E-state index in [0.29, 0.717) is 10.8 Å². The van der Waals surface area contributed by atoms with Crippen LogP contribution in [0.15, 0.2) is 0 Å². The van der Waals surface area contributed by atoms with Crippen LogP contribution in [0.2, 0.25) is 0 Å². The summed E-state index contributed by atoms with van der Waals surface area (Å²) in [5, 5.41) is 7.38. The lowest BCUT2D eigenvalue weighted by Crippen LogP contribution is -2.50. The second kappa shape index (κ2) is 5.50. The zero-order valence-corrected chi connectivity index (χ0v) is 13.6. The number of nitrogens with one attached hydrogen (secondary N) is 2. The van der Waals surface area contributed by atoms with E-state index in [-0.39, 0.29) is 5.54 Å². The van der Waals surface area contributed by atoms with Crippen molar-refractivity contribution in [3.05, 3.63) is 0 Å². The van der Waals surface area contributed by atoms with Crippen LogP contribution in [-0.4, -0.2) is 25.2 Å². The minimum Gasteiger partial charge on any atom is -0.316 e. The lowest BCUT2D eigenvalue weighted by molar-refractivity contribution is 0.163. The minimum absolute atomic E-state index is 0.225. The Hall–Kier alpha value is -0.0800. The van der Waals surface area contributed by atoms with E-state index in [4.69, 9.17) is 0 Å². The van der Waals surface area contributed by atoms with Gasteiger partial charge in [-0.1, -0.05) is 34.6 Å². The van der Waals surface area contributed by atoms with Gasteiger partial charge in [0.1, 0.15) is 0 Å². The molecule has 1 aliphatic heterocycles.